The quantitative estimate of drug-likeness (QED) is 0.836. The number of hydrogen-bond donors (Lipinski definition) is 1. The molecule has 1 unspecified atom stereocenters. The van der Waals surface area contributed by atoms with E-state index in [1.807, 2.05) is 7.05 Å². The van der Waals surface area contributed by atoms with Gasteiger partial charge in [0.1, 0.15) is 0 Å². The van der Waals surface area contributed by atoms with Crippen molar-refractivity contribution in [3.63, 3.8) is 0 Å². The lowest BCUT2D eigenvalue weighted by molar-refractivity contribution is 0.297. The fraction of sp³-hybridized carbons (Fsp3) is 0.923. The van der Waals surface area contributed by atoms with Gasteiger partial charge in [-0.25, -0.2) is 0 Å². The van der Waals surface area contributed by atoms with Gasteiger partial charge in [0.25, 0.3) is 0 Å². The number of tetrazole rings is 1. The van der Waals surface area contributed by atoms with Crippen molar-refractivity contribution in [1.82, 2.24) is 25.5 Å². The fourth-order valence-corrected chi connectivity index (χ4v) is 2.98. The van der Waals surface area contributed by atoms with E-state index in [1.165, 1.54) is 38.5 Å². The Morgan fingerprint density at radius 2 is 2.11 bits per heavy atom. The Kier molecular flexibility index (Phi) is 5.11. The van der Waals surface area contributed by atoms with E-state index in [-0.39, 0.29) is 0 Å². The Bertz CT molecular complexity index is 343. The average Bonchev–Trinajstić information content (AvgIpc) is 2.76. The minimum Gasteiger partial charge on any atom is -0.314 e. The molecule has 1 aromatic rings. The zero-order chi connectivity index (χ0) is 12.8. The molecule has 1 aliphatic rings. The minimum atomic E-state index is 0.502. The number of nitrogens with one attached hydrogen (secondary N) is 1. The van der Waals surface area contributed by atoms with E-state index in [0.717, 1.165) is 24.7 Å². The highest BCUT2D eigenvalue weighted by Gasteiger charge is 2.20. The van der Waals surface area contributed by atoms with Crippen molar-refractivity contribution in [2.75, 3.05) is 6.54 Å². The molecule has 0 aromatic carbocycles. The number of hydrogen-bond acceptors (Lipinski definition) is 4. The normalized spacial score (nSPS) is 19.0. The summed E-state index contributed by atoms with van der Waals surface area (Å²) < 4.78 is 0. The first-order valence-electron chi connectivity index (χ1n) is 7.24. The van der Waals surface area contributed by atoms with Crippen molar-refractivity contribution in [2.45, 2.75) is 57.9 Å². The minimum absolute atomic E-state index is 0.502. The summed E-state index contributed by atoms with van der Waals surface area (Å²) in [6, 6.07) is 0.502. The Morgan fingerprint density at radius 3 is 2.72 bits per heavy atom. The van der Waals surface area contributed by atoms with Gasteiger partial charge in [0, 0.05) is 12.5 Å². The maximum absolute atomic E-state index is 4.28. The van der Waals surface area contributed by atoms with E-state index in [1.54, 1.807) is 4.80 Å². The molecule has 1 heterocycles. The molecule has 0 radical (unpaired) electrons. The summed E-state index contributed by atoms with van der Waals surface area (Å²) in [5.74, 6) is 1.75. The molecular formula is C13H25N5. The van der Waals surface area contributed by atoms with Crippen LogP contribution in [-0.4, -0.2) is 32.8 Å². The first-order chi connectivity index (χ1) is 8.78. The largest absolute Gasteiger partial charge is 0.314 e. The molecule has 1 fully saturated rings. The number of aromatic nitrogens is 4. The lowest BCUT2D eigenvalue weighted by Gasteiger charge is -2.26. The van der Waals surface area contributed by atoms with Crippen molar-refractivity contribution in [2.24, 2.45) is 13.0 Å². The summed E-state index contributed by atoms with van der Waals surface area (Å²) in [5.41, 5.74) is 0. The maximum atomic E-state index is 4.28. The lowest BCUT2D eigenvalue weighted by atomic mass is 9.84. The topological polar surface area (TPSA) is 55.6 Å². The van der Waals surface area contributed by atoms with E-state index in [4.69, 9.17) is 0 Å². The van der Waals surface area contributed by atoms with Gasteiger partial charge < -0.3 is 5.32 Å². The summed E-state index contributed by atoms with van der Waals surface area (Å²) in [4.78, 5) is 1.54. The van der Waals surface area contributed by atoms with Crippen LogP contribution < -0.4 is 5.32 Å². The highest BCUT2D eigenvalue weighted by Crippen LogP contribution is 2.27. The molecule has 102 valence electrons. The molecule has 1 atom stereocenters. The second-order valence-corrected chi connectivity index (χ2v) is 5.39. The van der Waals surface area contributed by atoms with Gasteiger partial charge in [-0.15, -0.1) is 10.2 Å². The second-order valence-electron chi connectivity index (χ2n) is 5.39. The SMILES string of the molecule is CCNC(Cc1nnn(C)n1)CC1CCCCC1. The van der Waals surface area contributed by atoms with Crippen LogP contribution in [0.4, 0.5) is 0 Å². The molecule has 0 aliphatic heterocycles. The van der Waals surface area contributed by atoms with E-state index in [9.17, 15) is 0 Å². The molecule has 18 heavy (non-hydrogen) atoms. The molecule has 1 aliphatic carbocycles. The second kappa shape index (κ2) is 6.83. The van der Waals surface area contributed by atoms with E-state index in [0.29, 0.717) is 6.04 Å². The van der Waals surface area contributed by atoms with Crippen molar-refractivity contribution in [3.05, 3.63) is 5.82 Å². The molecule has 1 N–H and O–H groups in total. The molecular weight excluding hydrogens is 226 g/mol. The van der Waals surface area contributed by atoms with Crippen molar-refractivity contribution >= 4 is 0 Å². The smallest absolute Gasteiger partial charge is 0.176 e. The summed E-state index contributed by atoms with van der Waals surface area (Å²) in [6.07, 6.45) is 9.20. The van der Waals surface area contributed by atoms with Gasteiger partial charge in [0.2, 0.25) is 0 Å². The Hall–Kier alpha value is -0.970. The number of rotatable bonds is 6. The number of aryl methyl sites for hydroxylation is 1. The molecule has 5 heteroatoms. The zero-order valence-corrected chi connectivity index (χ0v) is 11.6. The monoisotopic (exact) mass is 251 g/mol. The molecule has 2 rings (SSSR count). The Morgan fingerprint density at radius 1 is 1.33 bits per heavy atom. The van der Waals surface area contributed by atoms with Crippen molar-refractivity contribution in [3.8, 4) is 0 Å². The van der Waals surface area contributed by atoms with Gasteiger partial charge >= 0.3 is 0 Å². The van der Waals surface area contributed by atoms with Gasteiger partial charge in [-0.3, -0.25) is 0 Å². The number of nitrogens with zero attached hydrogens (tertiary/aromatic N) is 4. The molecule has 0 bridgehead atoms. The molecule has 1 aromatic heterocycles. The van der Waals surface area contributed by atoms with Gasteiger partial charge in [-0.2, -0.15) is 4.80 Å². The van der Waals surface area contributed by atoms with Crippen molar-refractivity contribution < 1.29 is 0 Å². The molecule has 1 saturated carbocycles. The summed E-state index contributed by atoms with van der Waals surface area (Å²) in [6.45, 7) is 3.18. The maximum Gasteiger partial charge on any atom is 0.176 e. The predicted octanol–water partition coefficient (Wildman–Crippen LogP) is 1.70. The highest BCUT2D eigenvalue weighted by molar-refractivity contribution is 4.86. The van der Waals surface area contributed by atoms with Gasteiger partial charge in [-0.1, -0.05) is 39.0 Å². The third-order valence-corrected chi connectivity index (χ3v) is 3.81. The Balaban J connectivity index is 1.86. The molecule has 0 amide bonds. The third kappa shape index (κ3) is 4.05. The number of likely N-dealkylation sites (N-methyl/N-ethyl adjacent to an activating group) is 1. The van der Waals surface area contributed by atoms with Crippen LogP contribution in [0.5, 0.6) is 0 Å². The van der Waals surface area contributed by atoms with Crippen LogP contribution in [0, 0.1) is 5.92 Å². The zero-order valence-electron chi connectivity index (χ0n) is 11.6. The van der Waals surface area contributed by atoms with Crippen LogP contribution in [0.15, 0.2) is 0 Å². The summed E-state index contributed by atoms with van der Waals surface area (Å²) >= 11 is 0. The average molecular weight is 251 g/mol. The van der Waals surface area contributed by atoms with Crippen LogP contribution in [0.25, 0.3) is 0 Å². The van der Waals surface area contributed by atoms with Crippen LogP contribution >= 0.6 is 0 Å². The van der Waals surface area contributed by atoms with Gasteiger partial charge in [0.05, 0.1) is 7.05 Å². The predicted molar refractivity (Wildman–Crippen MR) is 71.2 cm³/mol. The van der Waals surface area contributed by atoms with Crippen LogP contribution in [0.1, 0.15) is 51.3 Å². The molecule has 0 saturated heterocycles. The lowest BCUT2D eigenvalue weighted by Crippen LogP contribution is -2.34. The van der Waals surface area contributed by atoms with Gasteiger partial charge in [0.15, 0.2) is 5.82 Å². The van der Waals surface area contributed by atoms with E-state index < -0.39 is 0 Å². The summed E-state index contributed by atoms with van der Waals surface area (Å²) in [7, 11) is 1.82. The fourth-order valence-electron chi connectivity index (χ4n) is 2.98. The Labute approximate surface area is 109 Å². The molecule has 5 nitrogen and oxygen atoms in total. The van der Waals surface area contributed by atoms with Crippen LogP contribution in [0.2, 0.25) is 0 Å². The highest BCUT2D eigenvalue weighted by atomic mass is 15.6. The first-order valence-corrected chi connectivity index (χ1v) is 7.24. The standard InChI is InChI=1S/C13H25N5/c1-3-14-12(9-11-7-5-4-6-8-11)10-13-15-17-18(2)16-13/h11-12,14H,3-10H2,1-2H3. The van der Waals surface area contributed by atoms with Gasteiger partial charge in [-0.05, 0) is 24.1 Å². The van der Waals surface area contributed by atoms with E-state index in [2.05, 4.69) is 27.7 Å². The molecule has 0 spiro atoms. The first kappa shape index (κ1) is 13.5. The van der Waals surface area contributed by atoms with Crippen molar-refractivity contribution in [1.29, 1.82) is 0 Å². The van der Waals surface area contributed by atoms with Crippen LogP contribution in [0.3, 0.4) is 0 Å². The third-order valence-electron chi connectivity index (χ3n) is 3.81. The van der Waals surface area contributed by atoms with E-state index >= 15 is 0 Å². The summed E-state index contributed by atoms with van der Waals surface area (Å²) in [5, 5.41) is 15.8. The van der Waals surface area contributed by atoms with Crippen LogP contribution in [-0.2, 0) is 13.5 Å².